The number of alkyl halides is 3. The summed E-state index contributed by atoms with van der Waals surface area (Å²) in [6.45, 7) is 3.07. The fraction of sp³-hybridized carbons (Fsp3) is 0.417. The summed E-state index contributed by atoms with van der Waals surface area (Å²) in [6.07, 6.45) is 7.18. The molecule has 1 amide bonds. The van der Waals surface area contributed by atoms with Gasteiger partial charge in [-0.1, -0.05) is 6.92 Å². The van der Waals surface area contributed by atoms with Crippen molar-refractivity contribution >= 4 is 28.7 Å². The number of aromatic nitrogens is 7. The molecule has 14 heteroatoms. The van der Waals surface area contributed by atoms with Crippen molar-refractivity contribution in [3.05, 3.63) is 47.9 Å². The van der Waals surface area contributed by atoms with Crippen LogP contribution in [-0.2, 0) is 0 Å². The zero-order chi connectivity index (χ0) is 26.7. The average molecular weight is 546 g/mol. The van der Waals surface area contributed by atoms with Gasteiger partial charge in [-0.2, -0.15) is 18.3 Å². The summed E-state index contributed by atoms with van der Waals surface area (Å²) < 4.78 is 34.4. The van der Waals surface area contributed by atoms with Crippen LogP contribution in [0.1, 0.15) is 61.1 Å². The van der Waals surface area contributed by atoms with Gasteiger partial charge in [0, 0.05) is 37.0 Å². The molecule has 10 nitrogen and oxygen atoms in total. The van der Waals surface area contributed by atoms with Crippen molar-refractivity contribution in [1.82, 2.24) is 34.7 Å². The van der Waals surface area contributed by atoms with Gasteiger partial charge in [0.25, 0.3) is 5.91 Å². The van der Waals surface area contributed by atoms with Crippen LogP contribution in [0.5, 0.6) is 0 Å². The van der Waals surface area contributed by atoms with E-state index in [2.05, 4.69) is 46.5 Å². The minimum Gasteiger partial charge on any atom is -0.369 e. The SMILES string of the molecule is CCC(F)(F)F.O=C(Nc1csc(-c2ncn[nH]2)n1)c1cc(-n2cnc(C3CC3)c2)c(N2CCCC2)cn1. The van der Waals surface area contributed by atoms with Gasteiger partial charge in [0.1, 0.15) is 17.8 Å². The molecule has 4 aromatic heterocycles. The molecular formula is C24H26F3N9OS. The molecule has 0 unspecified atom stereocenters. The van der Waals surface area contributed by atoms with Gasteiger partial charge in [0.05, 0.1) is 29.6 Å². The molecule has 0 radical (unpaired) electrons. The van der Waals surface area contributed by atoms with Crippen molar-refractivity contribution in [1.29, 1.82) is 0 Å². The molecular weight excluding hydrogens is 519 g/mol. The number of aromatic amines is 1. The van der Waals surface area contributed by atoms with E-state index in [9.17, 15) is 18.0 Å². The Morgan fingerprint density at radius 3 is 2.61 bits per heavy atom. The van der Waals surface area contributed by atoms with Crippen LogP contribution >= 0.6 is 11.3 Å². The number of carbonyl (C=O) groups is 1. The summed E-state index contributed by atoms with van der Waals surface area (Å²) in [7, 11) is 0. The topological polar surface area (TPSA) is 118 Å². The molecule has 1 aliphatic carbocycles. The standard InChI is InChI=1S/C21H21N9OS.C3H5F3/c31-20(26-18-10-32-21(27-18)19-23-11-25-28-19)14-7-16(17(8-22-14)29-5-1-2-6-29)30-9-15(24-12-30)13-3-4-13;1-2-3(4,5)6/h7-13H,1-6H2,(H,26,31)(H,23,25,28);2H2,1H3. The largest absolute Gasteiger partial charge is 0.388 e. The number of hydrogen-bond donors (Lipinski definition) is 2. The molecule has 1 aliphatic heterocycles. The fourth-order valence-electron chi connectivity index (χ4n) is 3.96. The summed E-state index contributed by atoms with van der Waals surface area (Å²) >= 11 is 1.38. The molecule has 6 rings (SSSR count). The van der Waals surface area contributed by atoms with Crippen LogP contribution < -0.4 is 10.2 Å². The molecule has 200 valence electrons. The second-order valence-electron chi connectivity index (χ2n) is 9.03. The van der Waals surface area contributed by atoms with Gasteiger partial charge < -0.3 is 14.8 Å². The van der Waals surface area contributed by atoms with E-state index in [1.54, 1.807) is 11.6 Å². The lowest BCUT2D eigenvalue weighted by Crippen LogP contribution is -2.21. The lowest BCUT2D eigenvalue weighted by atomic mass is 10.2. The number of carbonyl (C=O) groups excluding carboxylic acids is 1. The number of rotatable bonds is 6. The summed E-state index contributed by atoms with van der Waals surface area (Å²) in [6, 6.07) is 1.84. The monoisotopic (exact) mass is 545 g/mol. The highest BCUT2D eigenvalue weighted by atomic mass is 32.1. The Hall–Kier alpha value is -3.81. The van der Waals surface area contributed by atoms with E-state index in [-0.39, 0.29) is 5.91 Å². The van der Waals surface area contributed by atoms with E-state index < -0.39 is 12.6 Å². The van der Waals surface area contributed by atoms with Crippen molar-refractivity contribution in [2.75, 3.05) is 23.3 Å². The molecule has 5 heterocycles. The van der Waals surface area contributed by atoms with Crippen molar-refractivity contribution in [3.63, 3.8) is 0 Å². The van der Waals surface area contributed by atoms with E-state index in [1.807, 2.05) is 17.0 Å². The second kappa shape index (κ2) is 10.9. The van der Waals surface area contributed by atoms with Crippen molar-refractivity contribution in [3.8, 4) is 16.5 Å². The van der Waals surface area contributed by atoms with Gasteiger partial charge in [-0.15, -0.1) is 11.3 Å². The highest BCUT2D eigenvalue weighted by Crippen LogP contribution is 2.39. The first-order valence-corrected chi connectivity index (χ1v) is 13.2. The first kappa shape index (κ1) is 25.8. The summed E-state index contributed by atoms with van der Waals surface area (Å²) in [5, 5.41) is 11.9. The number of imidazole rings is 1. The van der Waals surface area contributed by atoms with Crippen molar-refractivity contribution < 1.29 is 18.0 Å². The molecule has 1 saturated carbocycles. The molecule has 0 atom stereocenters. The minimum absolute atomic E-state index is 0.309. The van der Waals surface area contributed by atoms with Gasteiger partial charge in [-0.25, -0.2) is 19.9 Å². The summed E-state index contributed by atoms with van der Waals surface area (Å²) in [5.74, 6) is 1.28. The molecule has 2 fully saturated rings. The Morgan fingerprint density at radius 1 is 1.18 bits per heavy atom. The van der Waals surface area contributed by atoms with Gasteiger partial charge in [0.2, 0.25) is 0 Å². The maximum absolute atomic E-state index is 13.0. The fourth-order valence-corrected chi connectivity index (χ4v) is 4.65. The highest BCUT2D eigenvalue weighted by Gasteiger charge is 2.27. The Morgan fingerprint density at radius 2 is 1.95 bits per heavy atom. The number of thiazole rings is 1. The van der Waals surface area contributed by atoms with Crippen LogP contribution in [0.25, 0.3) is 16.5 Å². The Labute approximate surface area is 220 Å². The molecule has 0 spiro atoms. The smallest absolute Gasteiger partial charge is 0.369 e. The van der Waals surface area contributed by atoms with E-state index >= 15 is 0 Å². The average Bonchev–Trinajstić information content (AvgIpc) is 3.45. The molecule has 38 heavy (non-hydrogen) atoms. The van der Waals surface area contributed by atoms with Crippen molar-refractivity contribution in [2.24, 2.45) is 0 Å². The van der Waals surface area contributed by atoms with Crippen LogP contribution in [0.15, 0.2) is 36.5 Å². The molecule has 4 aromatic rings. The highest BCUT2D eigenvalue weighted by molar-refractivity contribution is 7.13. The van der Waals surface area contributed by atoms with Gasteiger partial charge in [-0.3, -0.25) is 9.89 Å². The van der Waals surface area contributed by atoms with Gasteiger partial charge in [-0.05, 0) is 31.7 Å². The van der Waals surface area contributed by atoms with Crippen LogP contribution in [0.2, 0.25) is 0 Å². The summed E-state index contributed by atoms with van der Waals surface area (Å²) in [5.41, 5.74) is 3.40. The number of halogens is 3. The van der Waals surface area contributed by atoms with Crippen LogP contribution in [0.3, 0.4) is 0 Å². The van der Waals surface area contributed by atoms with E-state index in [4.69, 9.17) is 0 Å². The van der Waals surface area contributed by atoms with E-state index in [0.29, 0.717) is 28.3 Å². The molecule has 0 bridgehead atoms. The summed E-state index contributed by atoms with van der Waals surface area (Å²) in [4.78, 5) is 32.9. The Balaban J connectivity index is 0.000000443. The van der Waals surface area contributed by atoms with E-state index in [0.717, 1.165) is 49.9 Å². The number of nitrogens with zero attached hydrogens (tertiary/aromatic N) is 7. The number of nitrogens with one attached hydrogen (secondary N) is 2. The molecule has 2 aliphatic rings. The Kier molecular flexibility index (Phi) is 7.40. The predicted octanol–water partition coefficient (Wildman–Crippen LogP) is 5.20. The maximum Gasteiger partial charge on any atom is 0.388 e. The zero-order valence-corrected chi connectivity index (χ0v) is 21.4. The number of H-pyrrole nitrogens is 1. The quantitative estimate of drug-likeness (QED) is 0.342. The number of amides is 1. The first-order chi connectivity index (χ1) is 18.3. The third-order valence-corrected chi connectivity index (χ3v) is 7.03. The minimum atomic E-state index is -3.96. The molecule has 0 aromatic carbocycles. The van der Waals surface area contributed by atoms with Crippen LogP contribution in [-0.4, -0.2) is 59.9 Å². The first-order valence-electron chi connectivity index (χ1n) is 12.3. The Bertz CT molecular complexity index is 1370. The molecule has 2 N–H and O–H groups in total. The third kappa shape index (κ3) is 6.18. The zero-order valence-electron chi connectivity index (χ0n) is 20.6. The predicted molar refractivity (Wildman–Crippen MR) is 137 cm³/mol. The van der Waals surface area contributed by atoms with E-state index in [1.165, 1.54) is 30.5 Å². The maximum atomic E-state index is 13.0. The normalized spacial score (nSPS) is 15.3. The third-order valence-electron chi connectivity index (χ3n) is 6.18. The number of anilines is 2. The lowest BCUT2D eigenvalue weighted by molar-refractivity contribution is -0.130. The number of hydrogen-bond acceptors (Lipinski definition) is 8. The van der Waals surface area contributed by atoms with Crippen LogP contribution in [0.4, 0.5) is 24.7 Å². The van der Waals surface area contributed by atoms with Gasteiger partial charge >= 0.3 is 6.18 Å². The van der Waals surface area contributed by atoms with Crippen molar-refractivity contribution in [2.45, 2.75) is 51.1 Å². The second-order valence-corrected chi connectivity index (χ2v) is 9.89. The molecule has 1 saturated heterocycles. The lowest BCUT2D eigenvalue weighted by Gasteiger charge is -2.21. The van der Waals surface area contributed by atoms with Crippen LogP contribution in [0, 0.1) is 0 Å². The number of pyridine rings is 1. The van der Waals surface area contributed by atoms with Gasteiger partial charge in [0.15, 0.2) is 10.8 Å².